The van der Waals surface area contributed by atoms with Gasteiger partial charge in [0.2, 0.25) is 17.6 Å². The van der Waals surface area contributed by atoms with Crippen LogP contribution in [-0.4, -0.2) is 48.9 Å². The molecule has 0 saturated carbocycles. The van der Waals surface area contributed by atoms with E-state index < -0.39 is 0 Å². The Hall–Kier alpha value is -2.90. The number of morpholine rings is 1. The summed E-state index contributed by atoms with van der Waals surface area (Å²) in [5.41, 5.74) is 2.83. The molecule has 7 nitrogen and oxygen atoms in total. The molecule has 0 unspecified atom stereocenters. The Morgan fingerprint density at radius 1 is 1.03 bits per heavy atom. The van der Waals surface area contributed by atoms with Gasteiger partial charge in [-0.3, -0.25) is 4.79 Å². The van der Waals surface area contributed by atoms with Gasteiger partial charge in [-0.05, 0) is 42.5 Å². The second-order valence-corrected chi connectivity index (χ2v) is 7.92. The molecule has 3 heterocycles. The van der Waals surface area contributed by atoms with Crippen molar-refractivity contribution in [2.24, 2.45) is 0 Å². The van der Waals surface area contributed by atoms with Gasteiger partial charge in [0.05, 0.1) is 19.1 Å². The highest BCUT2D eigenvalue weighted by Gasteiger charge is 2.35. The van der Waals surface area contributed by atoms with E-state index in [0.29, 0.717) is 29.7 Å². The molecule has 0 radical (unpaired) electrons. The van der Waals surface area contributed by atoms with Gasteiger partial charge >= 0.3 is 0 Å². The summed E-state index contributed by atoms with van der Waals surface area (Å²) in [6.07, 6.45) is 0.337. The van der Waals surface area contributed by atoms with Crippen molar-refractivity contribution < 1.29 is 14.1 Å². The summed E-state index contributed by atoms with van der Waals surface area (Å²) >= 11 is 6.07. The number of carbonyl (C=O) groups is 1. The third-order valence-corrected chi connectivity index (χ3v) is 5.77. The van der Waals surface area contributed by atoms with E-state index in [1.165, 1.54) is 0 Å². The second kappa shape index (κ2) is 8.08. The van der Waals surface area contributed by atoms with Crippen LogP contribution in [0.2, 0.25) is 5.02 Å². The van der Waals surface area contributed by atoms with Gasteiger partial charge in [-0.1, -0.05) is 22.8 Å². The van der Waals surface area contributed by atoms with Gasteiger partial charge in [-0.15, -0.1) is 0 Å². The van der Waals surface area contributed by atoms with Crippen molar-refractivity contribution in [2.45, 2.75) is 12.3 Å². The van der Waals surface area contributed by atoms with Crippen LogP contribution < -0.4 is 9.80 Å². The zero-order valence-corrected chi connectivity index (χ0v) is 17.1. The van der Waals surface area contributed by atoms with E-state index in [1.54, 1.807) is 17.0 Å². The van der Waals surface area contributed by atoms with Crippen LogP contribution >= 0.6 is 11.6 Å². The number of aromatic nitrogens is 2. The first-order valence-electron chi connectivity index (χ1n) is 10.00. The molecule has 1 atom stereocenters. The Labute approximate surface area is 179 Å². The van der Waals surface area contributed by atoms with Crippen molar-refractivity contribution in [1.29, 1.82) is 0 Å². The molecule has 2 saturated heterocycles. The minimum Gasteiger partial charge on any atom is -0.378 e. The Morgan fingerprint density at radius 2 is 1.83 bits per heavy atom. The lowest BCUT2D eigenvalue weighted by Gasteiger charge is -2.28. The molecule has 1 aromatic heterocycles. The number of anilines is 2. The van der Waals surface area contributed by atoms with Crippen LogP contribution in [0.4, 0.5) is 11.4 Å². The Bertz CT molecular complexity index is 1050. The first kappa shape index (κ1) is 19.1. The van der Waals surface area contributed by atoms with Gasteiger partial charge in [0, 0.05) is 48.0 Å². The summed E-state index contributed by atoms with van der Waals surface area (Å²) in [5.74, 6) is 0.912. The topological polar surface area (TPSA) is 71.7 Å². The predicted molar refractivity (Wildman–Crippen MR) is 114 cm³/mol. The number of nitrogens with zero attached hydrogens (tertiary/aromatic N) is 4. The maximum Gasteiger partial charge on any atom is 0.232 e. The molecule has 0 bridgehead atoms. The molecule has 5 rings (SSSR count). The van der Waals surface area contributed by atoms with Crippen molar-refractivity contribution >= 4 is 28.9 Å². The van der Waals surface area contributed by atoms with Gasteiger partial charge in [0.1, 0.15) is 0 Å². The lowest BCUT2D eigenvalue weighted by Crippen LogP contribution is -2.36. The highest BCUT2D eigenvalue weighted by atomic mass is 35.5. The second-order valence-electron chi connectivity index (χ2n) is 7.49. The monoisotopic (exact) mass is 424 g/mol. The SMILES string of the molecule is O=C1C[C@H](c2nc(-c3ccc(N4CCOCC4)cc3)no2)CN1c1cccc(Cl)c1. The van der Waals surface area contributed by atoms with Crippen LogP contribution in [0.15, 0.2) is 53.1 Å². The van der Waals surface area contributed by atoms with Gasteiger partial charge in [0.25, 0.3) is 0 Å². The summed E-state index contributed by atoms with van der Waals surface area (Å²) in [5, 5.41) is 4.74. The van der Waals surface area contributed by atoms with E-state index in [1.807, 2.05) is 24.3 Å². The summed E-state index contributed by atoms with van der Waals surface area (Å²) < 4.78 is 10.9. The minimum absolute atomic E-state index is 0.0249. The van der Waals surface area contributed by atoms with Crippen molar-refractivity contribution in [2.75, 3.05) is 42.6 Å². The molecule has 3 aromatic rings. The maximum atomic E-state index is 12.5. The number of halogens is 1. The fraction of sp³-hybridized carbons (Fsp3) is 0.318. The van der Waals surface area contributed by atoms with Crippen molar-refractivity contribution in [1.82, 2.24) is 10.1 Å². The Kier molecular flexibility index (Phi) is 5.14. The van der Waals surface area contributed by atoms with Gasteiger partial charge in [0.15, 0.2) is 0 Å². The van der Waals surface area contributed by atoms with Crippen LogP contribution in [0.1, 0.15) is 18.2 Å². The van der Waals surface area contributed by atoms with Crippen molar-refractivity contribution in [3.63, 3.8) is 0 Å². The molecule has 2 fully saturated rings. The molecule has 30 heavy (non-hydrogen) atoms. The highest BCUT2D eigenvalue weighted by Crippen LogP contribution is 2.33. The predicted octanol–water partition coefficient (Wildman–Crippen LogP) is 3.75. The zero-order chi connectivity index (χ0) is 20.5. The van der Waals surface area contributed by atoms with Gasteiger partial charge < -0.3 is 19.1 Å². The van der Waals surface area contributed by atoms with E-state index in [2.05, 4.69) is 27.2 Å². The van der Waals surface area contributed by atoms with E-state index >= 15 is 0 Å². The smallest absolute Gasteiger partial charge is 0.232 e. The molecule has 2 aliphatic heterocycles. The molecule has 0 N–H and O–H groups in total. The molecule has 2 aliphatic rings. The minimum atomic E-state index is -0.134. The van der Waals surface area contributed by atoms with Gasteiger partial charge in [-0.2, -0.15) is 4.98 Å². The van der Waals surface area contributed by atoms with Crippen LogP contribution in [0.5, 0.6) is 0 Å². The zero-order valence-electron chi connectivity index (χ0n) is 16.3. The third-order valence-electron chi connectivity index (χ3n) is 5.54. The number of carbonyl (C=O) groups excluding carboxylic acids is 1. The Morgan fingerprint density at radius 3 is 2.60 bits per heavy atom. The third kappa shape index (κ3) is 3.78. The van der Waals surface area contributed by atoms with Crippen molar-refractivity contribution in [3.05, 3.63) is 59.4 Å². The molecular weight excluding hydrogens is 404 g/mol. The molecule has 0 aliphatic carbocycles. The van der Waals surface area contributed by atoms with E-state index in [9.17, 15) is 4.79 Å². The summed E-state index contributed by atoms with van der Waals surface area (Å²) in [6, 6.07) is 15.4. The number of hydrogen-bond donors (Lipinski definition) is 0. The molecule has 0 spiro atoms. The van der Waals surface area contributed by atoms with Crippen molar-refractivity contribution in [3.8, 4) is 11.4 Å². The molecular formula is C22H21ClN4O3. The average molecular weight is 425 g/mol. The quantitative estimate of drug-likeness (QED) is 0.635. The normalized spacial score (nSPS) is 19.5. The highest BCUT2D eigenvalue weighted by molar-refractivity contribution is 6.30. The lowest BCUT2D eigenvalue weighted by molar-refractivity contribution is -0.117. The molecule has 8 heteroatoms. The van der Waals surface area contributed by atoms with E-state index in [0.717, 1.165) is 43.2 Å². The standard InChI is InChI=1S/C22H21ClN4O3/c23-17-2-1-3-19(13-17)27-14-16(12-20(27)28)22-24-21(25-30-22)15-4-6-18(7-5-15)26-8-10-29-11-9-26/h1-7,13,16H,8-12,14H2/t16-/m0/s1. The Balaban J connectivity index is 1.30. The maximum absolute atomic E-state index is 12.5. The number of rotatable bonds is 4. The molecule has 1 amide bonds. The number of amides is 1. The average Bonchev–Trinajstić information content (AvgIpc) is 3.42. The fourth-order valence-electron chi connectivity index (χ4n) is 3.93. The number of benzene rings is 2. The molecule has 2 aromatic carbocycles. The summed E-state index contributed by atoms with van der Waals surface area (Å²) in [6.45, 7) is 3.79. The van der Waals surface area contributed by atoms with Crippen LogP contribution in [0.25, 0.3) is 11.4 Å². The van der Waals surface area contributed by atoms with Crippen LogP contribution in [0, 0.1) is 0 Å². The van der Waals surface area contributed by atoms with Crippen LogP contribution in [0.3, 0.4) is 0 Å². The first-order chi connectivity index (χ1) is 14.7. The molecule has 154 valence electrons. The van der Waals surface area contributed by atoms with Gasteiger partial charge in [-0.25, -0.2) is 0 Å². The summed E-state index contributed by atoms with van der Waals surface area (Å²) in [7, 11) is 0. The summed E-state index contributed by atoms with van der Waals surface area (Å²) in [4.78, 5) is 21.1. The number of hydrogen-bond acceptors (Lipinski definition) is 6. The number of ether oxygens (including phenoxy) is 1. The fourth-order valence-corrected chi connectivity index (χ4v) is 4.11. The van der Waals surface area contributed by atoms with E-state index in [4.69, 9.17) is 20.9 Å². The first-order valence-corrected chi connectivity index (χ1v) is 10.4. The lowest BCUT2D eigenvalue weighted by atomic mass is 10.1. The van der Waals surface area contributed by atoms with E-state index in [-0.39, 0.29) is 11.8 Å². The van der Waals surface area contributed by atoms with Crippen LogP contribution in [-0.2, 0) is 9.53 Å². The largest absolute Gasteiger partial charge is 0.378 e.